The second-order valence-electron chi connectivity index (χ2n) is 5.19. The molecule has 1 nitrogen and oxygen atoms in total. The number of nitrogens with one attached hydrogen (secondary N) is 1. The van der Waals surface area contributed by atoms with Crippen LogP contribution in [-0.2, 0) is 6.42 Å². The van der Waals surface area contributed by atoms with Gasteiger partial charge >= 0.3 is 0 Å². The molecule has 0 bridgehead atoms. The SMILES string of the molecule is CCC(Cc1ccccc1)NC(C)(C)C. The van der Waals surface area contributed by atoms with Crippen LogP contribution in [0.3, 0.4) is 0 Å². The maximum atomic E-state index is 3.65. The molecule has 1 unspecified atom stereocenters. The van der Waals surface area contributed by atoms with Crippen LogP contribution in [0.5, 0.6) is 0 Å². The highest BCUT2D eigenvalue weighted by Crippen LogP contribution is 2.09. The average Bonchev–Trinajstić information content (AvgIpc) is 2.16. The second kappa shape index (κ2) is 5.32. The molecule has 0 heterocycles. The monoisotopic (exact) mass is 205 g/mol. The van der Waals surface area contributed by atoms with Gasteiger partial charge < -0.3 is 5.32 Å². The normalized spacial score (nSPS) is 13.9. The van der Waals surface area contributed by atoms with Gasteiger partial charge in [-0.3, -0.25) is 0 Å². The summed E-state index contributed by atoms with van der Waals surface area (Å²) in [5, 5.41) is 3.65. The van der Waals surface area contributed by atoms with Gasteiger partial charge in [0.1, 0.15) is 0 Å². The minimum atomic E-state index is 0.204. The van der Waals surface area contributed by atoms with Gasteiger partial charge in [0.2, 0.25) is 0 Å². The Morgan fingerprint density at radius 2 is 1.73 bits per heavy atom. The molecular weight excluding hydrogens is 182 g/mol. The zero-order chi connectivity index (χ0) is 11.3. The first kappa shape index (κ1) is 12.3. The Morgan fingerprint density at radius 3 is 2.20 bits per heavy atom. The lowest BCUT2D eigenvalue weighted by Gasteiger charge is -2.28. The van der Waals surface area contributed by atoms with Gasteiger partial charge in [-0.05, 0) is 39.2 Å². The van der Waals surface area contributed by atoms with E-state index in [2.05, 4.69) is 63.3 Å². The van der Waals surface area contributed by atoms with Crippen LogP contribution in [0.2, 0.25) is 0 Å². The van der Waals surface area contributed by atoms with Crippen LogP contribution < -0.4 is 5.32 Å². The zero-order valence-corrected chi connectivity index (χ0v) is 10.4. The molecule has 0 fully saturated rings. The van der Waals surface area contributed by atoms with Crippen molar-refractivity contribution in [2.45, 2.75) is 52.1 Å². The molecule has 1 N–H and O–H groups in total. The summed E-state index contributed by atoms with van der Waals surface area (Å²) >= 11 is 0. The lowest BCUT2D eigenvalue weighted by atomic mass is 10.00. The first-order valence-corrected chi connectivity index (χ1v) is 5.83. The highest BCUT2D eigenvalue weighted by Gasteiger charge is 2.15. The van der Waals surface area contributed by atoms with E-state index in [4.69, 9.17) is 0 Å². The van der Waals surface area contributed by atoms with E-state index in [9.17, 15) is 0 Å². The average molecular weight is 205 g/mol. The molecule has 0 aliphatic rings. The molecule has 0 amide bonds. The van der Waals surface area contributed by atoms with Gasteiger partial charge in [0.25, 0.3) is 0 Å². The molecule has 0 radical (unpaired) electrons. The van der Waals surface area contributed by atoms with Crippen molar-refractivity contribution < 1.29 is 0 Å². The number of hydrogen-bond donors (Lipinski definition) is 1. The van der Waals surface area contributed by atoms with Gasteiger partial charge in [-0.25, -0.2) is 0 Å². The fraction of sp³-hybridized carbons (Fsp3) is 0.571. The molecule has 1 aromatic carbocycles. The molecule has 0 aliphatic carbocycles. The molecule has 1 heteroatoms. The van der Waals surface area contributed by atoms with Crippen molar-refractivity contribution in [3.63, 3.8) is 0 Å². The van der Waals surface area contributed by atoms with Gasteiger partial charge in [0.15, 0.2) is 0 Å². The lowest BCUT2D eigenvalue weighted by molar-refractivity contribution is 0.349. The van der Waals surface area contributed by atoms with Crippen molar-refractivity contribution >= 4 is 0 Å². The van der Waals surface area contributed by atoms with Crippen molar-refractivity contribution in [1.82, 2.24) is 5.32 Å². The third kappa shape index (κ3) is 4.98. The molecular formula is C14H23N. The first-order chi connectivity index (χ1) is 7.01. The third-order valence-electron chi connectivity index (χ3n) is 2.45. The number of rotatable bonds is 4. The van der Waals surface area contributed by atoms with E-state index >= 15 is 0 Å². The molecule has 1 rings (SSSR count). The molecule has 0 saturated carbocycles. The summed E-state index contributed by atoms with van der Waals surface area (Å²) in [4.78, 5) is 0. The van der Waals surface area contributed by atoms with E-state index in [1.165, 1.54) is 12.0 Å². The Hall–Kier alpha value is -0.820. The molecule has 0 saturated heterocycles. The molecule has 0 aliphatic heterocycles. The lowest BCUT2D eigenvalue weighted by Crippen LogP contribution is -2.44. The van der Waals surface area contributed by atoms with Crippen molar-refractivity contribution in [3.8, 4) is 0 Å². The van der Waals surface area contributed by atoms with E-state index in [0.717, 1.165) is 6.42 Å². The fourth-order valence-electron chi connectivity index (χ4n) is 1.81. The topological polar surface area (TPSA) is 12.0 Å². The molecule has 0 spiro atoms. The van der Waals surface area contributed by atoms with Crippen molar-refractivity contribution in [2.75, 3.05) is 0 Å². The van der Waals surface area contributed by atoms with Crippen molar-refractivity contribution in [2.24, 2.45) is 0 Å². The van der Waals surface area contributed by atoms with Gasteiger partial charge in [-0.1, -0.05) is 37.3 Å². The summed E-state index contributed by atoms with van der Waals surface area (Å²) < 4.78 is 0. The molecule has 0 aromatic heterocycles. The van der Waals surface area contributed by atoms with Gasteiger partial charge in [0, 0.05) is 11.6 Å². The van der Waals surface area contributed by atoms with Crippen LogP contribution in [0.4, 0.5) is 0 Å². The Morgan fingerprint density at radius 1 is 1.13 bits per heavy atom. The number of benzene rings is 1. The Labute approximate surface area is 93.9 Å². The van der Waals surface area contributed by atoms with Crippen LogP contribution in [0.25, 0.3) is 0 Å². The van der Waals surface area contributed by atoms with E-state index in [-0.39, 0.29) is 5.54 Å². The predicted octanol–water partition coefficient (Wildman–Crippen LogP) is 3.40. The first-order valence-electron chi connectivity index (χ1n) is 5.83. The van der Waals surface area contributed by atoms with Crippen LogP contribution >= 0.6 is 0 Å². The molecule has 84 valence electrons. The quantitative estimate of drug-likeness (QED) is 0.794. The van der Waals surface area contributed by atoms with Crippen LogP contribution in [-0.4, -0.2) is 11.6 Å². The molecule has 1 atom stereocenters. The van der Waals surface area contributed by atoms with E-state index in [0.29, 0.717) is 6.04 Å². The van der Waals surface area contributed by atoms with Crippen molar-refractivity contribution in [3.05, 3.63) is 35.9 Å². The van der Waals surface area contributed by atoms with E-state index < -0.39 is 0 Å². The van der Waals surface area contributed by atoms with Crippen LogP contribution in [0.1, 0.15) is 39.7 Å². The minimum Gasteiger partial charge on any atom is -0.309 e. The second-order valence-corrected chi connectivity index (χ2v) is 5.19. The van der Waals surface area contributed by atoms with Crippen molar-refractivity contribution in [1.29, 1.82) is 0 Å². The summed E-state index contributed by atoms with van der Waals surface area (Å²) in [6.45, 7) is 8.91. The maximum Gasteiger partial charge on any atom is 0.0110 e. The highest BCUT2D eigenvalue weighted by molar-refractivity contribution is 5.15. The number of hydrogen-bond acceptors (Lipinski definition) is 1. The zero-order valence-electron chi connectivity index (χ0n) is 10.4. The molecule has 15 heavy (non-hydrogen) atoms. The smallest absolute Gasteiger partial charge is 0.0110 e. The van der Waals surface area contributed by atoms with Gasteiger partial charge in [-0.2, -0.15) is 0 Å². The fourth-order valence-corrected chi connectivity index (χ4v) is 1.81. The van der Waals surface area contributed by atoms with Crippen LogP contribution in [0, 0.1) is 0 Å². The highest BCUT2D eigenvalue weighted by atomic mass is 15.0. The summed E-state index contributed by atoms with van der Waals surface area (Å²) in [6.07, 6.45) is 2.29. The van der Waals surface area contributed by atoms with E-state index in [1.54, 1.807) is 0 Å². The summed E-state index contributed by atoms with van der Waals surface area (Å²) in [7, 11) is 0. The third-order valence-corrected chi connectivity index (χ3v) is 2.45. The predicted molar refractivity (Wildman–Crippen MR) is 67.1 cm³/mol. The van der Waals surface area contributed by atoms with Crippen LogP contribution in [0.15, 0.2) is 30.3 Å². The van der Waals surface area contributed by atoms with E-state index in [1.807, 2.05) is 0 Å². The summed E-state index contributed by atoms with van der Waals surface area (Å²) in [6, 6.07) is 11.3. The Bertz CT molecular complexity index is 271. The summed E-state index contributed by atoms with van der Waals surface area (Å²) in [5.74, 6) is 0. The maximum absolute atomic E-state index is 3.65. The summed E-state index contributed by atoms with van der Waals surface area (Å²) in [5.41, 5.74) is 1.62. The molecule has 1 aromatic rings. The van der Waals surface area contributed by atoms with Gasteiger partial charge in [0.05, 0.1) is 0 Å². The Kier molecular flexibility index (Phi) is 4.34. The Balaban J connectivity index is 2.55. The largest absolute Gasteiger partial charge is 0.309 e. The van der Waals surface area contributed by atoms with Gasteiger partial charge in [-0.15, -0.1) is 0 Å². The minimum absolute atomic E-state index is 0.204. The standard InChI is InChI=1S/C14H23N/c1-5-13(15-14(2,3)4)11-12-9-7-6-8-10-12/h6-10,13,15H,5,11H2,1-4H3.